The molecule has 2 aromatic carbocycles. The predicted octanol–water partition coefficient (Wildman–Crippen LogP) is 5.37. The van der Waals surface area contributed by atoms with Crippen LogP contribution in [0.25, 0.3) is 0 Å². The Morgan fingerprint density at radius 1 is 1.17 bits per heavy atom. The minimum atomic E-state index is -0.754. The molecule has 2 atom stereocenters. The van der Waals surface area contributed by atoms with E-state index in [1.54, 1.807) is 4.90 Å². The molecule has 0 saturated carbocycles. The number of piperazine rings is 1. The molecule has 3 aromatic rings. The molecule has 1 aliphatic rings. The molecule has 1 fully saturated rings. The number of ether oxygens (including phenoxy) is 1. The molecule has 6 nitrogen and oxygen atoms in total. The molecule has 0 unspecified atom stereocenters. The van der Waals surface area contributed by atoms with Gasteiger partial charge in [-0.05, 0) is 61.2 Å². The van der Waals surface area contributed by atoms with Crippen LogP contribution in [0.15, 0.2) is 66.0 Å². The Morgan fingerprint density at radius 2 is 1.97 bits per heavy atom. The van der Waals surface area contributed by atoms with Gasteiger partial charge in [-0.1, -0.05) is 24.3 Å². The van der Waals surface area contributed by atoms with Crippen molar-refractivity contribution in [1.82, 2.24) is 10.2 Å². The zero-order chi connectivity index (χ0) is 24.8. The Hall–Kier alpha value is -2.87. The molecular weight excluding hydrogens is 482 g/mol. The zero-order valence-electron chi connectivity index (χ0n) is 19.9. The van der Waals surface area contributed by atoms with Crippen molar-refractivity contribution in [3.63, 3.8) is 0 Å². The summed E-state index contributed by atoms with van der Waals surface area (Å²) in [6.07, 6.45) is 0.135. The molecule has 1 saturated heterocycles. The number of rotatable bonds is 8. The van der Waals surface area contributed by atoms with Crippen LogP contribution in [-0.2, 0) is 9.59 Å². The third-order valence-corrected chi connectivity index (χ3v) is 7.08. The first-order valence-electron chi connectivity index (χ1n) is 11.7. The zero-order valence-corrected chi connectivity index (χ0v) is 21.5. The lowest BCUT2D eigenvalue weighted by Crippen LogP contribution is -2.55. The largest absolute Gasteiger partial charge is 0.457 e. The Bertz CT molecular complexity index is 1140. The second-order valence-electron chi connectivity index (χ2n) is 8.62. The van der Waals surface area contributed by atoms with E-state index in [-0.39, 0.29) is 30.2 Å². The Balaban J connectivity index is 1.72. The van der Waals surface area contributed by atoms with Crippen LogP contribution < -0.4 is 15.0 Å². The van der Waals surface area contributed by atoms with E-state index in [0.717, 1.165) is 22.7 Å². The number of alkyl halides is 1. The number of carbonyl (C=O) groups excluding carboxylic acids is 2. The minimum absolute atomic E-state index is 0.0762. The molecular formula is C27H30ClN3O3S. The number of carbonyl (C=O) groups is 2. The Morgan fingerprint density at radius 3 is 2.63 bits per heavy atom. The van der Waals surface area contributed by atoms with E-state index in [2.05, 4.69) is 12.2 Å². The van der Waals surface area contributed by atoms with Gasteiger partial charge in [0.05, 0.1) is 0 Å². The molecule has 1 aliphatic heterocycles. The predicted molar refractivity (Wildman–Crippen MR) is 142 cm³/mol. The average Bonchev–Trinajstić information content (AvgIpc) is 3.38. The number of para-hydroxylation sites is 1. The van der Waals surface area contributed by atoms with Crippen molar-refractivity contribution in [2.24, 2.45) is 0 Å². The van der Waals surface area contributed by atoms with Crippen LogP contribution in [0.2, 0.25) is 0 Å². The molecule has 1 aromatic heterocycles. The summed E-state index contributed by atoms with van der Waals surface area (Å²) in [6.45, 7) is 5.92. The number of nitrogens with zero attached hydrogens (tertiary/aromatic N) is 2. The maximum atomic E-state index is 13.9. The van der Waals surface area contributed by atoms with E-state index in [1.807, 2.05) is 77.9 Å². The van der Waals surface area contributed by atoms with Gasteiger partial charge >= 0.3 is 0 Å². The molecule has 0 bridgehead atoms. The number of nitrogens with one attached hydrogen (secondary N) is 1. The highest BCUT2D eigenvalue weighted by molar-refractivity contribution is 7.10. The van der Waals surface area contributed by atoms with Crippen molar-refractivity contribution in [3.05, 3.63) is 76.5 Å². The summed E-state index contributed by atoms with van der Waals surface area (Å²) in [7, 11) is 0. The number of benzene rings is 2. The highest BCUT2D eigenvalue weighted by atomic mass is 35.5. The second kappa shape index (κ2) is 11.7. The van der Waals surface area contributed by atoms with Crippen molar-refractivity contribution >= 4 is 40.4 Å². The fourth-order valence-corrected chi connectivity index (χ4v) is 5.28. The van der Waals surface area contributed by atoms with Crippen molar-refractivity contribution in [1.29, 1.82) is 0 Å². The number of hydrogen-bond acceptors (Lipinski definition) is 5. The highest BCUT2D eigenvalue weighted by Crippen LogP contribution is 2.36. The topological polar surface area (TPSA) is 61.9 Å². The van der Waals surface area contributed by atoms with Gasteiger partial charge in [0.1, 0.15) is 17.5 Å². The summed E-state index contributed by atoms with van der Waals surface area (Å²) in [5, 5.41) is 5.31. The lowest BCUT2D eigenvalue weighted by molar-refractivity contribution is -0.135. The molecule has 1 N–H and O–H groups in total. The Labute approximate surface area is 215 Å². The van der Waals surface area contributed by atoms with Crippen LogP contribution in [0.1, 0.15) is 29.8 Å². The first-order chi connectivity index (χ1) is 17.0. The first-order valence-corrected chi connectivity index (χ1v) is 13.2. The summed E-state index contributed by atoms with van der Waals surface area (Å²) in [5.74, 6) is 1.31. The second-order valence-corrected chi connectivity index (χ2v) is 9.98. The number of aryl methyl sites for hydroxylation is 1. The fraction of sp³-hybridized carbons (Fsp3) is 0.333. The van der Waals surface area contributed by atoms with Crippen LogP contribution in [-0.4, -0.2) is 48.3 Å². The van der Waals surface area contributed by atoms with E-state index in [0.29, 0.717) is 24.5 Å². The number of halogens is 1. The first kappa shape index (κ1) is 25.2. The molecule has 35 heavy (non-hydrogen) atoms. The lowest BCUT2D eigenvalue weighted by Gasteiger charge is -2.38. The average molecular weight is 512 g/mol. The van der Waals surface area contributed by atoms with Gasteiger partial charge in [0.15, 0.2) is 0 Å². The third kappa shape index (κ3) is 6.04. The summed E-state index contributed by atoms with van der Waals surface area (Å²) in [5.41, 5.74) is 1.51. The lowest BCUT2D eigenvalue weighted by atomic mass is 10.1. The minimum Gasteiger partial charge on any atom is -0.457 e. The van der Waals surface area contributed by atoms with Gasteiger partial charge in [-0.3, -0.25) is 14.5 Å². The third-order valence-electron chi connectivity index (χ3n) is 5.97. The fourth-order valence-electron chi connectivity index (χ4n) is 4.32. The summed E-state index contributed by atoms with van der Waals surface area (Å²) < 4.78 is 5.98. The SMILES string of the molecule is Cc1cc(Oc2ccccc2)ccc1N(C(=O)CCCl)[C@H](C(=O)N1CCN[C@H](C)C1)c1cccs1. The van der Waals surface area contributed by atoms with Gasteiger partial charge in [-0.2, -0.15) is 0 Å². The van der Waals surface area contributed by atoms with E-state index in [4.69, 9.17) is 16.3 Å². The molecule has 2 amide bonds. The van der Waals surface area contributed by atoms with E-state index in [1.165, 1.54) is 11.3 Å². The number of amides is 2. The van der Waals surface area contributed by atoms with Crippen LogP contribution >= 0.6 is 22.9 Å². The van der Waals surface area contributed by atoms with E-state index in [9.17, 15) is 9.59 Å². The molecule has 184 valence electrons. The Kier molecular flexibility index (Phi) is 8.44. The molecule has 0 aliphatic carbocycles. The van der Waals surface area contributed by atoms with Crippen molar-refractivity contribution in [2.45, 2.75) is 32.4 Å². The summed E-state index contributed by atoms with van der Waals surface area (Å²) >= 11 is 7.47. The van der Waals surface area contributed by atoms with Gasteiger partial charge in [-0.25, -0.2) is 0 Å². The monoisotopic (exact) mass is 511 g/mol. The number of anilines is 1. The smallest absolute Gasteiger partial charge is 0.251 e. The summed E-state index contributed by atoms with van der Waals surface area (Å²) in [4.78, 5) is 31.7. The van der Waals surface area contributed by atoms with Gasteiger partial charge in [0.25, 0.3) is 5.91 Å². The molecule has 0 spiro atoms. The number of hydrogen-bond donors (Lipinski definition) is 1. The molecule has 2 heterocycles. The van der Waals surface area contributed by atoms with Crippen LogP contribution in [0.3, 0.4) is 0 Å². The maximum absolute atomic E-state index is 13.9. The molecule has 4 rings (SSSR count). The van der Waals surface area contributed by atoms with Crippen LogP contribution in [0.5, 0.6) is 11.5 Å². The van der Waals surface area contributed by atoms with Gasteiger partial charge in [-0.15, -0.1) is 22.9 Å². The maximum Gasteiger partial charge on any atom is 0.251 e. The quantitative estimate of drug-likeness (QED) is 0.413. The van der Waals surface area contributed by atoms with Crippen molar-refractivity contribution < 1.29 is 14.3 Å². The van der Waals surface area contributed by atoms with Gasteiger partial charge in [0, 0.05) is 48.5 Å². The molecule has 0 radical (unpaired) electrons. The normalized spacial score (nSPS) is 16.5. The standard InChI is InChI=1S/C27H30ClN3O3S/c1-19-17-22(34-21-7-4-3-5-8-21)10-11-23(19)31(25(32)12-13-28)26(24-9-6-16-35-24)27(33)30-15-14-29-20(2)18-30/h3-11,16-17,20,26,29H,12-15,18H2,1-2H3/t20-,26+/m1/s1. The van der Waals surface area contributed by atoms with Gasteiger partial charge in [0.2, 0.25) is 5.91 Å². The van der Waals surface area contributed by atoms with E-state index >= 15 is 0 Å². The summed E-state index contributed by atoms with van der Waals surface area (Å²) in [6, 6.07) is 18.4. The molecule has 8 heteroatoms. The van der Waals surface area contributed by atoms with Crippen molar-refractivity contribution in [2.75, 3.05) is 30.4 Å². The van der Waals surface area contributed by atoms with Crippen LogP contribution in [0, 0.1) is 6.92 Å². The van der Waals surface area contributed by atoms with E-state index < -0.39 is 6.04 Å². The highest BCUT2D eigenvalue weighted by Gasteiger charge is 2.37. The number of thiophene rings is 1. The van der Waals surface area contributed by atoms with Gasteiger partial charge < -0.3 is 15.0 Å². The van der Waals surface area contributed by atoms with Crippen molar-refractivity contribution in [3.8, 4) is 11.5 Å². The van der Waals surface area contributed by atoms with Crippen LogP contribution in [0.4, 0.5) is 5.69 Å².